The Bertz CT molecular complexity index is 969. The highest BCUT2D eigenvalue weighted by molar-refractivity contribution is 5.90. The van der Waals surface area contributed by atoms with E-state index in [9.17, 15) is 14.4 Å². The number of hydrogen-bond donors (Lipinski definition) is 3. The molecular formula is C25H32N4O4. The minimum absolute atomic E-state index is 0.0485. The summed E-state index contributed by atoms with van der Waals surface area (Å²) in [6, 6.07) is 14.3. The molecule has 0 radical (unpaired) electrons. The molecule has 1 saturated heterocycles. The molecular weight excluding hydrogens is 420 g/mol. The third-order valence-electron chi connectivity index (χ3n) is 5.70. The van der Waals surface area contributed by atoms with Gasteiger partial charge in [0, 0.05) is 44.2 Å². The van der Waals surface area contributed by atoms with E-state index in [1.54, 1.807) is 18.1 Å². The van der Waals surface area contributed by atoms with Gasteiger partial charge in [0.2, 0.25) is 11.8 Å². The van der Waals surface area contributed by atoms with Gasteiger partial charge in [-0.2, -0.15) is 0 Å². The van der Waals surface area contributed by atoms with Crippen LogP contribution in [0, 0.1) is 6.92 Å². The number of methoxy groups -OCH3 is 1. The minimum Gasteiger partial charge on any atom is -0.497 e. The van der Waals surface area contributed by atoms with Crippen LogP contribution in [0.25, 0.3) is 0 Å². The summed E-state index contributed by atoms with van der Waals surface area (Å²) in [5.74, 6) is 0.227. The fourth-order valence-electron chi connectivity index (χ4n) is 3.85. The molecule has 0 aromatic heterocycles. The smallest absolute Gasteiger partial charge is 0.321 e. The number of hydrogen-bond acceptors (Lipinski definition) is 4. The van der Waals surface area contributed by atoms with Gasteiger partial charge in [-0.25, -0.2) is 4.79 Å². The molecule has 2 aromatic carbocycles. The molecule has 1 fully saturated rings. The van der Waals surface area contributed by atoms with Crippen molar-refractivity contribution in [2.24, 2.45) is 0 Å². The van der Waals surface area contributed by atoms with E-state index in [0.717, 1.165) is 11.1 Å². The Morgan fingerprint density at radius 3 is 2.42 bits per heavy atom. The van der Waals surface area contributed by atoms with Crippen molar-refractivity contribution in [2.45, 2.75) is 45.2 Å². The Kier molecular flexibility index (Phi) is 8.29. The van der Waals surface area contributed by atoms with Gasteiger partial charge in [-0.05, 0) is 37.5 Å². The Morgan fingerprint density at radius 1 is 1.09 bits per heavy atom. The van der Waals surface area contributed by atoms with Crippen LogP contribution in [-0.4, -0.2) is 55.0 Å². The fraction of sp³-hybridized carbons (Fsp3) is 0.400. The zero-order valence-corrected chi connectivity index (χ0v) is 19.4. The van der Waals surface area contributed by atoms with Gasteiger partial charge >= 0.3 is 6.03 Å². The maximum Gasteiger partial charge on any atom is 0.321 e. The van der Waals surface area contributed by atoms with Gasteiger partial charge in [-0.15, -0.1) is 0 Å². The first kappa shape index (κ1) is 24.1. The molecule has 33 heavy (non-hydrogen) atoms. The second-order valence-electron chi connectivity index (χ2n) is 8.37. The highest BCUT2D eigenvalue weighted by Gasteiger charge is 2.27. The first-order chi connectivity index (χ1) is 15.8. The molecule has 8 heteroatoms. The van der Waals surface area contributed by atoms with Crippen LogP contribution in [-0.2, 0) is 16.0 Å². The predicted octanol–water partition coefficient (Wildman–Crippen LogP) is 2.86. The average molecular weight is 453 g/mol. The number of urea groups is 1. The largest absolute Gasteiger partial charge is 0.497 e. The molecule has 2 aromatic rings. The van der Waals surface area contributed by atoms with Crippen molar-refractivity contribution in [1.29, 1.82) is 0 Å². The van der Waals surface area contributed by atoms with E-state index in [4.69, 9.17) is 4.74 Å². The number of ether oxygens (including phenoxy) is 1. The fourth-order valence-corrected chi connectivity index (χ4v) is 3.85. The molecule has 0 spiro atoms. The van der Waals surface area contributed by atoms with Crippen LogP contribution in [0.1, 0.15) is 30.9 Å². The number of aryl methyl sites for hydroxylation is 1. The first-order valence-corrected chi connectivity index (χ1v) is 11.2. The number of likely N-dealkylation sites (tertiary alicyclic amines) is 1. The lowest BCUT2D eigenvalue weighted by Gasteiger charge is -2.33. The van der Waals surface area contributed by atoms with Crippen LogP contribution in [0.2, 0.25) is 0 Å². The second kappa shape index (κ2) is 11.4. The van der Waals surface area contributed by atoms with Crippen molar-refractivity contribution in [3.05, 3.63) is 59.7 Å². The van der Waals surface area contributed by atoms with Crippen molar-refractivity contribution < 1.29 is 19.1 Å². The molecule has 4 amide bonds. The zero-order valence-electron chi connectivity index (χ0n) is 19.4. The monoisotopic (exact) mass is 452 g/mol. The summed E-state index contributed by atoms with van der Waals surface area (Å²) in [7, 11) is 1.58. The van der Waals surface area contributed by atoms with E-state index in [-0.39, 0.29) is 23.9 Å². The van der Waals surface area contributed by atoms with Crippen LogP contribution in [0.15, 0.2) is 48.5 Å². The van der Waals surface area contributed by atoms with Crippen molar-refractivity contribution in [1.82, 2.24) is 15.5 Å². The van der Waals surface area contributed by atoms with Gasteiger partial charge in [-0.1, -0.05) is 35.9 Å². The summed E-state index contributed by atoms with van der Waals surface area (Å²) in [4.78, 5) is 38.9. The highest BCUT2D eigenvalue weighted by atomic mass is 16.5. The lowest BCUT2D eigenvalue weighted by Crippen LogP contribution is -2.53. The molecule has 1 aliphatic heterocycles. The Labute approximate surface area is 194 Å². The van der Waals surface area contributed by atoms with Crippen molar-refractivity contribution in [3.63, 3.8) is 0 Å². The number of piperidine rings is 1. The van der Waals surface area contributed by atoms with E-state index >= 15 is 0 Å². The number of nitrogens with one attached hydrogen (secondary N) is 3. The second-order valence-corrected chi connectivity index (χ2v) is 8.37. The summed E-state index contributed by atoms with van der Waals surface area (Å²) in [6.45, 7) is 4.48. The molecule has 3 rings (SSSR count). The molecule has 0 unspecified atom stereocenters. The number of anilines is 1. The topological polar surface area (TPSA) is 99.8 Å². The van der Waals surface area contributed by atoms with E-state index in [2.05, 4.69) is 16.0 Å². The van der Waals surface area contributed by atoms with Gasteiger partial charge in [0.25, 0.3) is 0 Å². The molecule has 176 valence electrons. The minimum atomic E-state index is -0.639. The molecule has 1 aliphatic rings. The number of rotatable bonds is 7. The van der Waals surface area contributed by atoms with Gasteiger partial charge in [-0.3, -0.25) is 9.59 Å². The predicted molar refractivity (Wildman–Crippen MR) is 127 cm³/mol. The number of nitrogens with zero attached hydrogens (tertiary/aromatic N) is 1. The van der Waals surface area contributed by atoms with Crippen LogP contribution in [0.3, 0.4) is 0 Å². The molecule has 0 aliphatic carbocycles. The average Bonchev–Trinajstić information content (AvgIpc) is 2.80. The van der Waals surface area contributed by atoms with E-state index in [0.29, 0.717) is 43.8 Å². The summed E-state index contributed by atoms with van der Waals surface area (Å²) < 4.78 is 5.19. The van der Waals surface area contributed by atoms with E-state index in [1.165, 1.54) is 6.92 Å². The van der Waals surface area contributed by atoms with Crippen molar-refractivity contribution >= 4 is 23.5 Å². The third kappa shape index (κ3) is 7.24. The summed E-state index contributed by atoms with van der Waals surface area (Å²) in [5, 5.41) is 8.70. The molecule has 1 heterocycles. The van der Waals surface area contributed by atoms with Gasteiger partial charge in [0.05, 0.1) is 7.11 Å². The number of carbonyl (C=O) groups excluding carboxylic acids is 3. The van der Waals surface area contributed by atoms with Crippen LogP contribution >= 0.6 is 0 Å². The third-order valence-corrected chi connectivity index (χ3v) is 5.70. The Balaban J connectivity index is 1.51. The number of carbonyl (C=O) groups is 3. The molecule has 0 saturated carbocycles. The van der Waals surface area contributed by atoms with E-state index < -0.39 is 6.04 Å². The highest BCUT2D eigenvalue weighted by Crippen LogP contribution is 2.18. The SMILES string of the molecule is COc1cccc(NC(=O)N2CCC(NC(=O)[C@@H](Cc3ccc(C)cc3)NC(C)=O)CC2)c1. The standard InChI is InChI=1S/C25H32N4O4/c1-17-7-9-19(10-8-17)15-23(26-18(2)30)24(31)27-20-11-13-29(14-12-20)25(32)28-21-5-4-6-22(16-21)33-3/h4-10,16,20,23H,11-15H2,1-3H3,(H,26,30)(H,27,31)(H,28,32)/t23-/m1/s1. The van der Waals surface area contributed by atoms with E-state index in [1.807, 2.05) is 49.4 Å². The Hall–Kier alpha value is -3.55. The van der Waals surface area contributed by atoms with Crippen molar-refractivity contribution in [2.75, 3.05) is 25.5 Å². The summed E-state index contributed by atoms with van der Waals surface area (Å²) in [5.41, 5.74) is 2.80. The first-order valence-electron chi connectivity index (χ1n) is 11.2. The maximum absolute atomic E-state index is 12.9. The lowest BCUT2D eigenvalue weighted by atomic mass is 10.0. The number of benzene rings is 2. The van der Waals surface area contributed by atoms with Gasteiger partial charge in [0.15, 0.2) is 0 Å². The molecule has 3 N–H and O–H groups in total. The normalized spacial score (nSPS) is 14.8. The molecule has 8 nitrogen and oxygen atoms in total. The summed E-state index contributed by atoms with van der Waals surface area (Å²) in [6.07, 6.45) is 1.72. The van der Waals surface area contributed by atoms with Crippen LogP contribution < -0.4 is 20.7 Å². The van der Waals surface area contributed by atoms with Crippen molar-refractivity contribution in [3.8, 4) is 5.75 Å². The quantitative estimate of drug-likeness (QED) is 0.601. The lowest BCUT2D eigenvalue weighted by molar-refractivity contribution is -0.128. The molecule has 0 bridgehead atoms. The van der Waals surface area contributed by atoms with Gasteiger partial charge in [0.1, 0.15) is 11.8 Å². The maximum atomic E-state index is 12.9. The zero-order chi connectivity index (χ0) is 23.8. The van der Waals surface area contributed by atoms with Crippen LogP contribution in [0.5, 0.6) is 5.75 Å². The molecule has 1 atom stereocenters. The number of amides is 4. The van der Waals surface area contributed by atoms with Gasteiger partial charge < -0.3 is 25.6 Å². The summed E-state index contributed by atoms with van der Waals surface area (Å²) >= 11 is 0. The van der Waals surface area contributed by atoms with Crippen LogP contribution in [0.4, 0.5) is 10.5 Å². The Morgan fingerprint density at radius 2 is 1.79 bits per heavy atom.